The molecule has 4 aliphatic rings. The van der Waals surface area contributed by atoms with Crippen LogP contribution < -0.4 is 5.32 Å². The van der Waals surface area contributed by atoms with Gasteiger partial charge >= 0.3 is 17.9 Å². The van der Waals surface area contributed by atoms with Crippen LogP contribution in [0.25, 0.3) is 0 Å². The van der Waals surface area contributed by atoms with Gasteiger partial charge in [0, 0.05) is 37.0 Å². The van der Waals surface area contributed by atoms with Crippen LogP contribution in [0.4, 0.5) is 0 Å². The number of aliphatic carboxylic acids is 2. The van der Waals surface area contributed by atoms with Crippen molar-refractivity contribution in [2.45, 2.75) is 96.1 Å². The zero-order valence-corrected chi connectivity index (χ0v) is 24.0. The molecule has 0 aromatic heterocycles. The predicted molar refractivity (Wildman–Crippen MR) is 144 cm³/mol. The second-order valence-corrected chi connectivity index (χ2v) is 12.8. The van der Waals surface area contributed by atoms with Gasteiger partial charge in [0.25, 0.3) is 0 Å². The number of hydrogen-bond donors (Lipinski definition) is 4. The largest absolute Gasteiger partial charge is 0.481 e. The number of aliphatic hydroxyl groups is 1. The standard InChI is InChI=1S/C30H39NO11/c1-28-11-9-17(32)13-16(28)3-4-18-19-10-12-30(41,29(19,2)14-21(33)26(18)28)22(34)15-42-25(38)8-6-23(35)31-20(27(39)40)5-7-24(36)37/h13,18-20,26,41H,3-12,14-15H2,1-2H3,(H,31,35)(H,36,37)(H,39,40)/t18?,19?,20?,26?,28-,29-,30-/m0/s1. The van der Waals surface area contributed by atoms with E-state index in [1.54, 1.807) is 13.0 Å². The summed E-state index contributed by atoms with van der Waals surface area (Å²) in [5.41, 5.74) is -2.27. The van der Waals surface area contributed by atoms with Crippen molar-refractivity contribution < 1.29 is 53.6 Å². The van der Waals surface area contributed by atoms with Crippen molar-refractivity contribution in [3.05, 3.63) is 11.6 Å². The molecule has 0 spiro atoms. The fourth-order valence-electron chi connectivity index (χ4n) is 8.19. The Morgan fingerprint density at radius 3 is 2.40 bits per heavy atom. The smallest absolute Gasteiger partial charge is 0.326 e. The van der Waals surface area contributed by atoms with Crippen LogP contribution in [0.3, 0.4) is 0 Å². The van der Waals surface area contributed by atoms with E-state index in [0.29, 0.717) is 32.1 Å². The lowest BCUT2D eigenvalue weighted by molar-refractivity contribution is -0.174. The van der Waals surface area contributed by atoms with E-state index < -0.39 is 77.9 Å². The van der Waals surface area contributed by atoms with E-state index in [2.05, 4.69) is 12.2 Å². The number of hydrogen-bond acceptors (Lipinski definition) is 9. The highest BCUT2D eigenvalue weighted by atomic mass is 16.5. The summed E-state index contributed by atoms with van der Waals surface area (Å²) in [6, 6.07) is -1.43. The molecule has 4 unspecified atom stereocenters. The van der Waals surface area contributed by atoms with Gasteiger partial charge in [-0.1, -0.05) is 19.4 Å². The lowest BCUT2D eigenvalue weighted by Gasteiger charge is -2.57. The van der Waals surface area contributed by atoms with E-state index in [-0.39, 0.29) is 48.6 Å². The minimum absolute atomic E-state index is 0.0125. The van der Waals surface area contributed by atoms with Gasteiger partial charge in [0.1, 0.15) is 17.4 Å². The van der Waals surface area contributed by atoms with E-state index in [1.807, 2.05) is 0 Å². The summed E-state index contributed by atoms with van der Waals surface area (Å²) in [4.78, 5) is 85.4. The van der Waals surface area contributed by atoms with Gasteiger partial charge < -0.3 is 25.4 Å². The minimum atomic E-state index is -1.87. The number of ether oxygens (including phenoxy) is 1. The van der Waals surface area contributed by atoms with E-state index in [4.69, 9.17) is 14.9 Å². The molecule has 7 atom stereocenters. The molecule has 0 aromatic rings. The van der Waals surface area contributed by atoms with Crippen molar-refractivity contribution in [3.63, 3.8) is 0 Å². The van der Waals surface area contributed by atoms with Crippen LogP contribution in [0.1, 0.15) is 84.5 Å². The molecule has 3 saturated carbocycles. The third kappa shape index (κ3) is 5.65. The molecule has 12 heteroatoms. The number of Topliss-reactive ketones (excluding diaryl/α,β-unsaturated/α-hetero) is 2. The van der Waals surface area contributed by atoms with E-state index >= 15 is 0 Å². The molecule has 0 aliphatic heterocycles. The number of carbonyl (C=O) groups excluding carboxylic acids is 5. The minimum Gasteiger partial charge on any atom is -0.481 e. The normalized spacial score (nSPS) is 34.3. The summed E-state index contributed by atoms with van der Waals surface area (Å²) in [7, 11) is 0. The Labute approximate surface area is 243 Å². The Bertz CT molecular complexity index is 1240. The molecular weight excluding hydrogens is 550 g/mol. The zero-order valence-electron chi connectivity index (χ0n) is 24.0. The monoisotopic (exact) mass is 589 g/mol. The Kier molecular flexibility index (Phi) is 8.78. The zero-order chi connectivity index (χ0) is 31.0. The number of fused-ring (bicyclic) bond motifs is 5. The molecule has 3 fully saturated rings. The average Bonchev–Trinajstić information content (AvgIpc) is 3.19. The lowest BCUT2D eigenvalue weighted by Crippen LogP contribution is -2.61. The summed E-state index contributed by atoms with van der Waals surface area (Å²) >= 11 is 0. The second kappa shape index (κ2) is 11.7. The Morgan fingerprint density at radius 1 is 1.02 bits per heavy atom. The van der Waals surface area contributed by atoms with Gasteiger partial charge in [-0.15, -0.1) is 0 Å². The summed E-state index contributed by atoms with van der Waals surface area (Å²) in [5.74, 6) is -5.33. The Morgan fingerprint density at radius 2 is 1.74 bits per heavy atom. The van der Waals surface area contributed by atoms with Crippen molar-refractivity contribution in [2.75, 3.05) is 6.61 Å². The van der Waals surface area contributed by atoms with Crippen molar-refractivity contribution >= 4 is 41.2 Å². The maximum absolute atomic E-state index is 13.7. The lowest BCUT2D eigenvalue weighted by atomic mass is 9.46. The van der Waals surface area contributed by atoms with Crippen LogP contribution in [0.5, 0.6) is 0 Å². The average molecular weight is 590 g/mol. The third-order valence-corrected chi connectivity index (χ3v) is 10.5. The summed E-state index contributed by atoms with van der Waals surface area (Å²) in [5, 5.41) is 31.7. The van der Waals surface area contributed by atoms with Gasteiger partial charge in [-0.2, -0.15) is 0 Å². The van der Waals surface area contributed by atoms with Crippen molar-refractivity contribution in [1.82, 2.24) is 5.32 Å². The van der Waals surface area contributed by atoms with Crippen LogP contribution >= 0.6 is 0 Å². The number of rotatable bonds is 11. The SMILES string of the molecule is C[C@]12CCC(=O)C=C1CCC1C2C(=O)C[C@@]2(C)C1CC[C@]2(O)C(=O)COC(=O)CCC(=O)NC(CCC(=O)O)C(=O)O. The maximum Gasteiger partial charge on any atom is 0.326 e. The number of allylic oxidation sites excluding steroid dienone is 1. The number of esters is 1. The molecule has 0 saturated heterocycles. The second-order valence-electron chi connectivity index (χ2n) is 12.8. The number of amides is 1. The number of ketones is 3. The molecule has 1 amide bonds. The van der Waals surface area contributed by atoms with Crippen molar-refractivity contribution in [1.29, 1.82) is 0 Å². The van der Waals surface area contributed by atoms with Crippen LogP contribution in [-0.4, -0.2) is 74.7 Å². The van der Waals surface area contributed by atoms with Gasteiger partial charge in [-0.05, 0) is 61.9 Å². The van der Waals surface area contributed by atoms with Gasteiger partial charge in [0.15, 0.2) is 12.4 Å². The predicted octanol–water partition coefficient (Wildman–Crippen LogP) is 1.76. The Hall–Kier alpha value is -3.41. The first kappa shape index (κ1) is 31.5. The fraction of sp³-hybridized carbons (Fsp3) is 0.700. The van der Waals surface area contributed by atoms with Gasteiger partial charge in [0.05, 0.1) is 6.42 Å². The number of carboxylic acid groups (broad SMARTS) is 2. The summed E-state index contributed by atoms with van der Waals surface area (Å²) in [6.45, 7) is 3.10. The highest BCUT2D eigenvalue weighted by molar-refractivity contribution is 5.95. The number of nitrogens with one attached hydrogen (secondary N) is 1. The highest BCUT2D eigenvalue weighted by Gasteiger charge is 2.68. The van der Waals surface area contributed by atoms with Crippen molar-refractivity contribution in [3.8, 4) is 0 Å². The molecule has 4 aliphatic carbocycles. The number of carboxylic acids is 2. The first-order valence-corrected chi connectivity index (χ1v) is 14.5. The maximum atomic E-state index is 13.7. The summed E-state index contributed by atoms with van der Waals surface area (Å²) in [6.07, 6.45) is 3.13. The molecule has 0 radical (unpaired) electrons. The van der Waals surface area contributed by atoms with E-state index in [9.17, 15) is 38.7 Å². The molecule has 230 valence electrons. The first-order chi connectivity index (χ1) is 19.6. The topological polar surface area (TPSA) is 201 Å². The molecule has 42 heavy (non-hydrogen) atoms. The molecule has 0 bridgehead atoms. The van der Waals surface area contributed by atoms with E-state index in [1.165, 1.54) is 0 Å². The van der Waals surface area contributed by atoms with Gasteiger partial charge in [0.2, 0.25) is 11.7 Å². The van der Waals surface area contributed by atoms with Crippen LogP contribution in [-0.2, 0) is 38.3 Å². The van der Waals surface area contributed by atoms with Crippen LogP contribution in [0.15, 0.2) is 11.6 Å². The van der Waals surface area contributed by atoms with Crippen molar-refractivity contribution in [2.24, 2.45) is 28.6 Å². The first-order valence-electron chi connectivity index (χ1n) is 14.5. The molecular formula is C30H39NO11. The van der Waals surface area contributed by atoms with Gasteiger partial charge in [-0.25, -0.2) is 4.79 Å². The molecule has 4 rings (SSSR count). The molecule has 0 heterocycles. The van der Waals surface area contributed by atoms with E-state index in [0.717, 1.165) is 5.57 Å². The third-order valence-electron chi connectivity index (χ3n) is 10.5. The number of carbonyl (C=O) groups is 7. The Balaban J connectivity index is 1.35. The molecule has 0 aromatic carbocycles. The molecule has 4 N–H and O–H groups in total. The van der Waals surface area contributed by atoms with Gasteiger partial charge in [-0.3, -0.25) is 28.8 Å². The molecule has 12 nitrogen and oxygen atoms in total. The quantitative estimate of drug-likeness (QED) is 0.256. The highest BCUT2D eigenvalue weighted by Crippen LogP contribution is 2.66. The van der Waals surface area contributed by atoms with Crippen LogP contribution in [0.2, 0.25) is 0 Å². The van der Waals surface area contributed by atoms with Crippen LogP contribution in [0, 0.1) is 28.6 Å². The summed E-state index contributed by atoms with van der Waals surface area (Å²) < 4.78 is 5.07. The fourth-order valence-corrected chi connectivity index (χ4v) is 8.19.